The Morgan fingerprint density at radius 3 is 2.41 bits per heavy atom. The van der Waals surface area contributed by atoms with Gasteiger partial charge < -0.3 is 10.1 Å². The van der Waals surface area contributed by atoms with Gasteiger partial charge in [0.15, 0.2) is 0 Å². The Labute approximate surface area is 179 Å². The predicted octanol–water partition coefficient (Wildman–Crippen LogP) is 4.53. The van der Waals surface area contributed by atoms with E-state index in [1.807, 2.05) is 5.32 Å². The van der Waals surface area contributed by atoms with Crippen LogP contribution in [-0.2, 0) is 24.1 Å². The van der Waals surface area contributed by atoms with Gasteiger partial charge in [0.1, 0.15) is 24.7 Å². The molecular weight excluding hydrogens is 445 g/mol. The van der Waals surface area contributed by atoms with Crippen LogP contribution >= 0.6 is 0 Å². The number of halogens is 7. The van der Waals surface area contributed by atoms with Gasteiger partial charge in [-0.2, -0.15) is 26.3 Å². The molecule has 4 nitrogen and oxygen atoms in total. The fourth-order valence-corrected chi connectivity index (χ4v) is 3.19. The topological polar surface area (TPSA) is 41.6 Å². The third-order valence-corrected chi connectivity index (χ3v) is 4.87. The van der Waals surface area contributed by atoms with Gasteiger partial charge in [0.2, 0.25) is 5.91 Å². The summed E-state index contributed by atoms with van der Waals surface area (Å²) >= 11 is 0. The smallest absolute Gasteiger partial charge is 0.416 e. The zero-order valence-electron chi connectivity index (χ0n) is 16.6. The molecule has 0 saturated carbocycles. The minimum Gasteiger partial charge on any atom is -0.489 e. The average molecular weight is 464 g/mol. The second-order valence-corrected chi connectivity index (χ2v) is 7.46. The molecule has 1 saturated heterocycles. The maximum atomic E-state index is 14.4. The van der Waals surface area contributed by atoms with E-state index in [9.17, 15) is 35.5 Å². The van der Waals surface area contributed by atoms with Crippen molar-refractivity contribution in [3.63, 3.8) is 0 Å². The fourth-order valence-electron chi connectivity index (χ4n) is 3.19. The molecule has 0 bridgehead atoms. The van der Waals surface area contributed by atoms with Crippen molar-refractivity contribution < 1.29 is 40.3 Å². The molecule has 1 N–H and O–H groups in total. The number of nitrogens with zero attached hydrogens (tertiary/aromatic N) is 1. The summed E-state index contributed by atoms with van der Waals surface area (Å²) < 4.78 is 94.4. The quantitative estimate of drug-likeness (QED) is 0.613. The number of benzene rings is 2. The number of nitrogens with one attached hydrogen (secondary N) is 1. The molecule has 11 heteroatoms. The van der Waals surface area contributed by atoms with Gasteiger partial charge in [-0.15, -0.1) is 0 Å². The molecule has 174 valence electrons. The largest absolute Gasteiger partial charge is 0.489 e. The Morgan fingerprint density at radius 2 is 1.78 bits per heavy atom. The van der Waals surface area contributed by atoms with Gasteiger partial charge in [0.25, 0.3) is 0 Å². The Morgan fingerprint density at radius 1 is 1.06 bits per heavy atom. The van der Waals surface area contributed by atoms with Crippen molar-refractivity contribution in [1.29, 1.82) is 0 Å². The molecule has 2 aromatic carbocycles. The van der Waals surface area contributed by atoms with E-state index >= 15 is 0 Å². The standard InChI is InChI=1S/C21H19F7N2O2/c22-18-7-17(32-11-13-2-1-3-16(6-13)21(26,27)28)5-4-14(18)8-30-9-15(10-30)19(31)29-12-20(23,24)25/h1-7,15H,8-12H2,(H,29,31). The van der Waals surface area contributed by atoms with E-state index in [1.54, 1.807) is 4.90 Å². The van der Waals surface area contributed by atoms with Crippen molar-refractivity contribution in [3.05, 3.63) is 65.0 Å². The van der Waals surface area contributed by atoms with E-state index in [4.69, 9.17) is 4.74 Å². The highest BCUT2D eigenvalue weighted by Crippen LogP contribution is 2.30. The normalized spacial score (nSPS) is 15.3. The minimum absolute atomic E-state index is 0.136. The highest BCUT2D eigenvalue weighted by molar-refractivity contribution is 5.80. The number of hydrogen-bond acceptors (Lipinski definition) is 3. The minimum atomic E-state index is -4.48. The molecule has 2 aromatic rings. The summed E-state index contributed by atoms with van der Waals surface area (Å²) in [6.45, 7) is -1.00. The number of alkyl halides is 6. The van der Waals surface area contributed by atoms with Crippen LogP contribution in [0, 0.1) is 11.7 Å². The summed E-state index contributed by atoms with van der Waals surface area (Å²) in [4.78, 5) is 13.4. The van der Waals surface area contributed by atoms with E-state index in [1.165, 1.54) is 24.3 Å². The van der Waals surface area contributed by atoms with Gasteiger partial charge in [-0.25, -0.2) is 4.39 Å². The van der Waals surface area contributed by atoms with Crippen molar-refractivity contribution in [1.82, 2.24) is 10.2 Å². The number of rotatable bonds is 7. The highest BCUT2D eigenvalue weighted by Gasteiger charge is 2.35. The van der Waals surface area contributed by atoms with Crippen molar-refractivity contribution in [2.75, 3.05) is 19.6 Å². The fraction of sp³-hybridized carbons (Fsp3) is 0.381. The zero-order valence-corrected chi connectivity index (χ0v) is 16.6. The van der Waals surface area contributed by atoms with Gasteiger partial charge in [-0.3, -0.25) is 9.69 Å². The molecule has 0 radical (unpaired) electrons. The lowest BCUT2D eigenvalue weighted by atomic mass is 9.98. The van der Waals surface area contributed by atoms with E-state index in [0.29, 0.717) is 5.56 Å². The van der Waals surface area contributed by atoms with Crippen molar-refractivity contribution in [3.8, 4) is 5.75 Å². The van der Waals surface area contributed by atoms with Crippen LogP contribution in [0.15, 0.2) is 42.5 Å². The maximum Gasteiger partial charge on any atom is 0.416 e. The first kappa shape index (κ1) is 23.8. The van der Waals surface area contributed by atoms with Crippen LogP contribution in [0.2, 0.25) is 0 Å². The number of ether oxygens (including phenoxy) is 1. The predicted molar refractivity (Wildman–Crippen MR) is 100 cm³/mol. The van der Waals surface area contributed by atoms with Crippen LogP contribution in [0.5, 0.6) is 5.75 Å². The Bertz CT molecular complexity index is 954. The summed E-state index contributed by atoms with van der Waals surface area (Å²) in [6, 6.07) is 8.65. The molecule has 1 amide bonds. The maximum absolute atomic E-state index is 14.4. The van der Waals surface area contributed by atoms with Crippen LogP contribution in [0.1, 0.15) is 16.7 Å². The van der Waals surface area contributed by atoms with Crippen LogP contribution < -0.4 is 10.1 Å². The third-order valence-electron chi connectivity index (χ3n) is 4.87. The Balaban J connectivity index is 1.49. The van der Waals surface area contributed by atoms with Crippen molar-refractivity contribution in [2.45, 2.75) is 25.5 Å². The monoisotopic (exact) mass is 464 g/mol. The summed E-state index contributed by atoms with van der Waals surface area (Å²) in [5, 5.41) is 1.82. The van der Waals surface area contributed by atoms with E-state index in [2.05, 4.69) is 0 Å². The molecule has 0 spiro atoms. The molecule has 1 fully saturated rings. The second kappa shape index (κ2) is 9.35. The molecule has 1 aliphatic rings. The first-order valence-corrected chi connectivity index (χ1v) is 9.55. The summed E-state index contributed by atoms with van der Waals surface area (Å²) in [5.74, 6) is -1.75. The van der Waals surface area contributed by atoms with Crippen LogP contribution in [-0.4, -0.2) is 36.6 Å². The molecule has 1 aliphatic heterocycles. The summed E-state index contributed by atoms with van der Waals surface area (Å²) in [7, 11) is 0. The lowest BCUT2D eigenvalue weighted by molar-refractivity contribution is -0.144. The summed E-state index contributed by atoms with van der Waals surface area (Å²) in [5.41, 5.74) is -0.231. The van der Waals surface area contributed by atoms with Gasteiger partial charge >= 0.3 is 12.4 Å². The number of carbonyl (C=O) groups is 1. The molecular formula is C21H19F7N2O2. The number of hydrogen-bond donors (Lipinski definition) is 1. The van der Waals surface area contributed by atoms with E-state index in [0.717, 1.165) is 18.2 Å². The molecule has 0 atom stereocenters. The highest BCUT2D eigenvalue weighted by atomic mass is 19.4. The Kier molecular flexibility index (Phi) is 6.97. The van der Waals surface area contributed by atoms with Crippen LogP contribution in [0.4, 0.5) is 30.7 Å². The molecule has 32 heavy (non-hydrogen) atoms. The number of amides is 1. The van der Waals surface area contributed by atoms with E-state index < -0.39 is 42.1 Å². The van der Waals surface area contributed by atoms with Crippen LogP contribution in [0.25, 0.3) is 0 Å². The first-order chi connectivity index (χ1) is 14.9. The Hall–Kier alpha value is -2.82. The van der Waals surface area contributed by atoms with Crippen molar-refractivity contribution >= 4 is 5.91 Å². The first-order valence-electron chi connectivity index (χ1n) is 9.55. The van der Waals surface area contributed by atoms with E-state index in [-0.39, 0.29) is 37.6 Å². The SMILES string of the molecule is O=C(NCC(F)(F)F)C1CN(Cc2ccc(OCc3cccc(C(F)(F)F)c3)cc2F)C1. The molecule has 0 unspecified atom stereocenters. The number of carbonyl (C=O) groups excluding carboxylic acids is 1. The summed E-state index contributed by atoms with van der Waals surface area (Å²) in [6.07, 6.45) is -8.95. The van der Waals surface area contributed by atoms with Gasteiger partial charge in [-0.1, -0.05) is 18.2 Å². The number of likely N-dealkylation sites (tertiary alicyclic amines) is 1. The third kappa shape index (κ3) is 6.59. The average Bonchev–Trinajstić information content (AvgIpc) is 2.67. The lowest BCUT2D eigenvalue weighted by Gasteiger charge is -2.38. The zero-order chi connectivity index (χ0) is 23.5. The van der Waals surface area contributed by atoms with Gasteiger partial charge in [0.05, 0.1) is 11.5 Å². The molecule has 3 rings (SSSR count). The van der Waals surface area contributed by atoms with Gasteiger partial charge in [-0.05, 0) is 23.8 Å². The molecule has 0 aliphatic carbocycles. The van der Waals surface area contributed by atoms with Crippen molar-refractivity contribution in [2.24, 2.45) is 5.92 Å². The van der Waals surface area contributed by atoms with Gasteiger partial charge in [0, 0.05) is 31.3 Å². The van der Waals surface area contributed by atoms with Crippen LogP contribution in [0.3, 0.4) is 0 Å². The molecule has 0 aromatic heterocycles. The molecule has 1 heterocycles. The lowest BCUT2D eigenvalue weighted by Crippen LogP contribution is -2.54. The second-order valence-electron chi connectivity index (χ2n) is 7.46.